The number of ether oxygens (including phenoxy) is 2. The molecular formula is C12H19NO3S. The maximum absolute atomic E-state index is 9.31. The van der Waals surface area contributed by atoms with E-state index in [4.69, 9.17) is 15.2 Å². The highest BCUT2D eigenvalue weighted by Gasteiger charge is 2.17. The fourth-order valence-electron chi connectivity index (χ4n) is 1.67. The van der Waals surface area contributed by atoms with Crippen molar-refractivity contribution in [3.8, 4) is 11.5 Å². The minimum absolute atomic E-state index is 0.00533. The number of benzene rings is 1. The molecule has 4 nitrogen and oxygen atoms in total. The van der Waals surface area contributed by atoms with Crippen LogP contribution in [0.1, 0.15) is 11.5 Å². The summed E-state index contributed by atoms with van der Waals surface area (Å²) in [5.41, 5.74) is 6.52. The number of aliphatic hydroxyl groups excluding tert-OH is 1. The molecule has 5 heteroatoms. The van der Waals surface area contributed by atoms with Crippen molar-refractivity contribution in [1.29, 1.82) is 0 Å². The van der Waals surface area contributed by atoms with Crippen molar-refractivity contribution < 1.29 is 14.6 Å². The Labute approximate surface area is 106 Å². The summed E-state index contributed by atoms with van der Waals surface area (Å²) in [6, 6.07) is 3.80. The second-order valence-corrected chi connectivity index (χ2v) is 4.41. The minimum Gasteiger partial charge on any atom is -0.496 e. The molecule has 1 aromatic rings. The maximum atomic E-state index is 9.31. The first-order valence-corrected chi connectivity index (χ1v) is 6.55. The summed E-state index contributed by atoms with van der Waals surface area (Å²) in [4.78, 5) is 1.00. The summed E-state index contributed by atoms with van der Waals surface area (Å²) in [5.74, 6) is 1.38. The predicted molar refractivity (Wildman–Crippen MR) is 70.2 cm³/mol. The topological polar surface area (TPSA) is 64.7 Å². The van der Waals surface area contributed by atoms with Gasteiger partial charge in [-0.1, -0.05) is 0 Å². The van der Waals surface area contributed by atoms with Gasteiger partial charge in [0.2, 0.25) is 0 Å². The lowest BCUT2D eigenvalue weighted by Crippen LogP contribution is -2.17. The Bertz CT molecular complexity index is 367. The SMILES string of the molecule is COc1cc(C(CN)CO)c(OC)cc1SC. The molecule has 1 aromatic carbocycles. The Morgan fingerprint density at radius 1 is 1.29 bits per heavy atom. The molecule has 1 atom stereocenters. The average molecular weight is 257 g/mol. The van der Waals surface area contributed by atoms with Crippen LogP contribution in [0.3, 0.4) is 0 Å². The highest BCUT2D eigenvalue weighted by atomic mass is 32.2. The average Bonchev–Trinajstić information content (AvgIpc) is 2.39. The van der Waals surface area contributed by atoms with Gasteiger partial charge in [-0.3, -0.25) is 0 Å². The molecule has 3 N–H and O–H groups in total. The van der Waals surface area contributed by atoms with E-state index in [1.807, 2.05) is 18.4 Å². The molecule has 0 aliphatic rings. The van der Waals surface area contributed by atoms with E-state index in [1.54, 1.807) is 26.0 Å². The van der Waals surface area contributed by atoms with E-state index in [2.05, 4.69) is 0 Å². The van der Waals surface area contributed by atoms with E-state index in [-0.39, 0.29) is 12.5 Å². The van der Waals surface area contributed by atoms with Crippen LogP contribution in [0.2, 0.25) is 0 Å². The van der Waals surface area contributed by atoms with Gasteiger partial charge in [-0.2, -0.15) is 0 Å². The van der Waals surface area contributed by atoms with E-state index in [0.717, 1.165) is 22.0 Å². The second-order valence-electron chi connectivity index (χ2n) is 3.56. The van der Waals surface area contributed by atoms with Gasteiger partial charge in [0.1, 0.15) is 11.5 Å². The lowest BCUT2D eigenvalue weighted by atomic mass is 9.99. The van der Waals surface area contributed by atoms with Crippen LogP contribution in [-0.2, 0) is 0 Å². The highest BCUT2D eigenvalue weighted by Crippen LogP contribution is 2.37. The van der Waals surface area contributed by atoms with Crippen molar-refractivity contribution in [3.05, 3.63) is 17.7 Å². The first-order valence-electron chi connectivity index (χ1n) is 5.32. The Kier molecular flexibility index (Phi) is 5.61. The first-order chi connectivity index (χ1) is 8.21. The highest BCUT2D eigenvalue weighted by molar-refractivity contribution is 7.98. The maximum Gasteiger partial charge on any atom is 0.132 e. The van der Waals surface area contributed by atoms with E-state index >= 15 is 0 Å². The molecule has 0 heterocycles. The number of hydrogen-bond donors (Lipinski definition) is 2. The molecule has 0 spiro atoms. The molecule has 1 rings (SSSR count). The monoisotopic (exact) mass is 257 g/mol. The molecule has 0 saturated heterocycles. The van der Waals surface area contributed by atoms with Crippen LogP contribution < -0.4 is 15.2 Å². The van der Waals surface area contributed by atoms with Crippen LogP contribution in [-0.4, -0.2) is 38.7 Å². The van der Waals surface area contributed by atoms with Gasteiger partial charge >= 0.3 is 0 Å². The van der Waals surface area contributed by atoms with E-state index < -0.39 is 0 Å². The summed E-state index contributed by atoms with van der Waals surface area (Å²) in [6.07, 6.45) is 1.98. The molecule has 96 valence electrons. The van der Waals surface area contributed by atoms with Crippen molar-refractivity contribution in [2.45, 2.75) is 10.8 Å². The Morgan fingerprint density at radius 2 is 1.94 bits per heavy atom. The zero-order valence-electron chi connectivity index (χ0n) is 10.4. The van der Waals surface area contributed by atoms with Crippen LogP contribution in [0.5, 0.6) is 11.5 Å². The van der Waals surface area contributed by atoms with Crippen LogP contribution in [0.4, 0.5) is 0 Å². The van der Waals surface area contributed by atoms with Crippen molar-refractivity contribution in [1.82, 2.24) is 0 Å². The zero-order chi connectivity index (χ0) is 12.8. The van der Waals surface area contributed by atoms with Gasteiger partial charge in [0, 0.05) is 18.0 Å². The fourth-order valence-corrected chi connectivity index (χ4v) is 2.24. The van der Waals surface area contributed by atoms with Crippen molar-refractivity contribution in [2.24, 2.45) is 5.73 Å². The molecule has 0 aliphatic heterocycles. The van der Waals surface area contributed by atoms with Gasteiger partial charge in [-0.15, -0.1) is 11.8 Å². The van der Waals surface area contributed by atoms with Gasteiger partial charge in [-0.25, -0.2) is 0 Å². The normalized spacial score (nSPS) is 12.3. The smallest absolute Gasteiger partial charge is 0.132 e. The van der Waals surface area contributed by atoms with Gasteiger partial charge in [0.25, 0.3) is 0 Å². The third kappa shape index (κ3) is 3.06. The number of hydrogen-bond acceptors (Lipinski definition) is 5. The van der Waals surface area contributed by atoms with Crippen LogP contribution in [0.15, 0.2) is 17.0 Å². The van der Waals surface area contributed by atoms with E-state index in [0.29, 0.717) is 6.54 Å². The predicted octanol–water partition coefficient (Wildman–Crippen LogP) is 1.46. The summed E-state index contributed by atoms with van der Waals surface area (Å²) in [6.45, 7) is 0.364. The van der Waals surface area contributed by atoms with Gasteiger partial charge in [0.15, 0.2) is 0 Å². The van der Waals surface area contributed by atoms with Crippen LogP contribution in [0.25, 0.3) is 0 Å². The lowest BCUT2D eigenvalue weighted by molar-refractivity contribution is 0.264. The molecule has 0 aromatic heterocycles. The van der Waals surface area contributed by atoms with E-state index in [1.165, 1.54) is 0 Å². The van der Waals surface area contributed by atoms with Crippen molar-refractivity contribution in [2.75, 3.05) is 33.6 Å². The minimum atomic E-state index is -0.130. The third-order valence-corrected chi connectivity index (χ3v) is 3.44. The standard InChI is InChI=1S/C12H19NO3S/c1-15-10-5-12(17-3)11(16-2)4-9(10)8(6-13)7-14/h4-5,8,14H,6-7,13H2,1-3H3. The quantitative estimate of drug-likeness (QED) is 0.755. The number of nitrogens with two attached hydrogens (primary N) is 1. The fraction of sp³-hybridized carbons (Fsp3) is 0.500. The Balaban J connectivity index is 3.27. The summed E-state index contributed by atoms with van der Waals surface area (Å²) >= 11 is 1.59. The zero-order valence-corrected chi connectivity index (χ0v) is 11.2. The number of thioether (sulfide) groups is 1. The molecule has 0 fully saturated rings. The molecule has 0 bridgehead atoms. The van der Waals surface area contributed by atoms with Crippen molar-refractivity contribution >= 4 is 11.8 Å². The lowest BCUT2D eigenvalue weighted by Gasteiger charge is -2.18. The summed E-state index contributed by atoms with van der Waals surface area (Å²) in [7, 11) is 3.24. The Hall–Kier alpha value is -0.910. The number of aliphatic hydroxyl groups is 1. The van der Waals surface area contributed by atoms with Crippen LogP contribution in [0, 0.1) is 0 Å². The molecular weight excluding hydrogens is 238 g/mol. The molecule has 1 unspecified atom stereocenters. The van der Waals surface area contributed by atoms with Gasteiger partial charge < -0.3 is 20.3 Å². The summed E-state index contributed by atoms with van der Waals surface area (Å²) < 4.78 is 10.7. The molecule has 0 saturated carbocycles. The molecule has 0 amide bonds. The van der Waals surface area contributed by atoms with Crippen molar-refractivity contribution in [3.63, 3.8) is 0 Å². The number of methoxy groups -OCH3 is 2. The first kappa shape index (κ1) is 14.2. The second kappa shape index (κ2) is 6.74. The number of rotatable bonds is 6. The Morgan fingerprint density at radius 3 is 2.35 bits per heavy atom. The largest absolute Gasteiger partial charge is 0.496 e. The molecule has 0 radical (unpaired) electrons. The van der Waals surface area contributed by atoms with Gasteiger partial charge in [0.05, 0.1) is 25.7 Å². The van der Waals surface area contributed by atoms with Crippen LogP contribution >= 0.6 is 11.8 Å². The van der Waals surface area contributed by atoms with Gasteiger partial charge in [-0.05, 0) is 18.4 Å². The molecule has 17 heavy (non-hydrogen) atoms. The summed E-state index contributed by atoms with van der Waals surface area (Å²) in [5, 5.41) is 9.31. The third-order valence-electron chi connectivity index (χ3n) is 2.68. The molecule has 0 aliphatic carbocycles. The van der Waals surface area contributed by atoms with E-state index in [9.17, 15) is 5.11 Å².